The maximum atomic E-state index is 11.0. The van der Waals surface area contributed by atoms with Gasteiger partial charge in [0, 0.05) is 5.69 Å². The third-order valence-corrected chi connectivity index (χ3v) is 2.95. The van der Waals surface area contributed by atoms with Gasteiger partial charge in [-0.1, -0.05) is 12.1 Å². The quantitative estimate of drug-likeness (QED) is 0.898. The van der Waals surface area contributed by atoms with Crippen molar-refractivity contribution in [2.75, 3.05) is 17.7 Å². The third-order valence-electron chi connectivity index (χ3n) is 2.95. The monoisotopic (exact) mass is 272 g/mol. The van der Waals surface area contributed by atoms with Crippen LogP contribution in [0.5, 0.6) is 0 Å². The van der Waals surface area contributed by atoms with Gasteiger partial charge in [-0.05, 0) is 43.2 Å². The van der Waals surface area contributed by atoms with E-state index in [1.807, 2.05) is 19.1 Å². The summed E-state index contributed by atoms with van der Waals surface area (Å²) in [6, 6.07) is 9.39. The van der Waals surface area contributed by atoms with Gasteiger partial charge in [0.05, 0.1) is 7.11 Å². The zero-order valence-electron chi connectivity index (χ0n) is 11.6. The largest absolute Gasteiger partial charge is 0.453 e. The second kappa shape index (κ2) is 6.01. The number of aryl methyl sites for hydroxylation is 1. The number of hydrogen-bond acceptors (Lipinski definition) is 5. The molecule has 1 aromatic heterocycles. The molecule has 0 aliphatic carbocycles. The lowest BCUT2D eigenvalue weighted by molar-refractivity contribution is 0.187. The number of methoxy groups -OCH3 is 1. The second-order valence-corrected chi connectivity index (χ2v) is 4.29. The molecule has 0 aliphatic heterocycles. The number of carbonyl (C=O) groups is 1. The van der Waals surface area contributed by atoms with Gasteiger partial charge in [-0.25, -0.2) is 4.79 Å². The molecule has 0 saturated carbocycles. The Labute approximate surface area is 117 Å². The van der Waals surface area contributed by atoms with Crippen LogP contribution in [0.4, 0.5) is 22.1 Å². The number of nitrogens with one attached hydrogen (secondary N) is 2. The SMILES string of the molecule is COC(=O)Nc1ccc(Nc2cccc(C)c2C)nn1. The molecule has 0 radical (unpaired) electrons. The zero-order valence-corrected chi connectivity index (χ0v) is 11.6. The number of aromatic nitrogens is 2. The molecule has 0 aliphatic rings. The molecular formula is C14H16N4O2. The molecule has 0 saturated heterocycles. The number of hydrogen-bond donors (Lipinski definition) is 2. The molecule has 0 spiro atoms. The van der Waals surface area contributed by atoms with E-state index in [9.17, 15) is 4.79 Å². The highest BCUT2D eigenvalue weighted by Gasteiger charge is 2.05. The average molecular weight is 272 g/mol. The van der Waals surface area contributed by atoms with Gasteiger partial charge in [0.2, 0.25) is 0 Å². The van der Waals surface area contributed by atoms with Gasteiger partial charge < -0.3 is 10.1 Å². The molecule has 2 rings (SSSR count). The molecule has 1 heterocycles. The Morgan fingerprint density at radius 3 is 2.45 bits per heavy atom. The van der Waals surface area contributed by atoms with Crippen molar-refractivity contribution in [3.8, 4) is 0 Å². The molecule has 0 bridgehead atoms. The summed E-state index contributed by atoms with van der Waals surface area (Å²) in [5, 5.41) is 13.5. The van der Waals surface area contributed by atoms with Crippen molar-refractivity contribution in [1.29, 1.82) is 0 Å². The number of benzene rings is 1. The van der Waals surface area contributed by atoms with Crippen LogP contribution in [0.15, 0.2) is 30.3 Å². The van der Waals surface area contributed by atoms with E-state index in [0.717, 1.165) is 11.3 Å². The minimum absolute atomic E-state index is 0.336. The molecule has 0 fully saturated rings. The van der Waals surface area contributed by atoms with Crippen LogP contribution in [0.3, 0.4) is 0 Å². The van der Waals surface area contributed by atoms with Gasteiger partial charge in [-0.3, -0.25) is 5.32 Å². The molecule has 1 amide bonds. The van der Waals surface area contributed by atoms with Crippen LogP contribution in [0.1, 0.15) is 11.1 Å². The van der Waals surface area contributed by atoms with E-state index >= 15 is 0 Å². The van der Waals surface area contributed by atoms with Crippen LogP contribution in [0, 0.1) is 13.8 Å². The molecule has 20 heavy (non-hydrogen) atoms. The van der Waals surface area contributed by atoms with Gasteiger partial charge in [-0.2, -0.15) is 0 Å². The van der Waals surface area contributed by atoms with E-state index in [4.69, 9.17) is 0 Å². The highest BCUT2D eigenvalue weighted by molar-refractivity contribution is 5.83. The number of carbonyl (C=O) groups excluding carboxylic acids is 1. The maximum Gasteiger partial charge on any atom is 0.412 e. The number of amides is 1. The zero-order chi connectivity index (χ0) is 14.5. The first-order valence-corrected chi connectivity index (χ1v) is 6.12. The number of anilines is 3. The first kappa shape index (κ1) is 13.8. The number of nitrogens with zero attached hydrogens (tertiary/aromatic N) is 2. The van der Waals surface area contributed by atoms with Crippen LogP contribution in [0.2, 0.25) is 0 Å². The Morgan fingerprint density at radius 2 is 1.80 bits per heavy atom. The minimum atomic E-state index is -0.575. The van der Waals surface area contributed by atoms with Gasteiger partial charge in [0.25, 0.3) is 0 Å². The van der Waals surface area contributed by atoms with Crippen LogP contribution >= 0.6 is 0 Å². The minimum Gasteiger partial charge on any atom is -0.453 e. The summed E-state index contributed by atoms with van der Waals surface area (Å²) < 4.78 is 4.48. The summed E-state index contributed by atoms with van der Waals surface area (Å²) in [4.78, 5) is 11.0. The van der Waals surface area contributed by atoms with Crippen molar-refractivity contribution in [1.82, 2.24) is 10.2 Å². The first-order chi connectivity index (χ1) is 9.60. The predicted molar refractivity (Wildman–Crippen MR) is 77.3 cm³/mol. The van der Waals surface area contributed by atoms with E-state index in [0.29, 0.717) is 11.6 Å². The third kappa shape index (κ3) is 3.23. The fourth-order valence-corrected chi connectivity index (χ4v) is 1.65. The number of ether oxygens (including phenoxy) is 1. The van der Waals surface area contributed by atoms with Gasteiger partial charge >= 0.3 is 6.09 Å². The van der Waals surface area contributed by atoms with Crippen molar-refractivity contribution in [3.05, 3.63) is 41.5 Å². The summed E-state index contributed by atoms with van der Waals surface area (Å²) in [6.07, 6.45) is -0.575. The fraction of sp³-hybridized carbons (Fsp3) is 0.214. The molecule has 2 aromatic rings. The maximum absolute atomic E-state index is 11.0. The molecule has 104 valence electrons. The Kier molecular flexibility index (Phi) is 4.14. The summed E-state index contributed by atoms with van der Waals surface area (Å²) >= 11 is 0. The number of rotatable bonds is 3. The molecule has 6 nitrogen and oxygen atoms in total. The molecule has 2 N–H and O–H groups in total. The smallest absolute Gasteiger partial charge is 0.412 e. The fourth-order valence-electron chi connectivity index (χ4n) is 1.65. The topological polar surface area (TPSA) is 76.1 Å². The van der Waals surface area contributed by atoms with E-state index in [-0.39, 0.29) is 0 Å². The van der Waals surface area contributed by atoms with Crippen LogP contribution < -0.4 is 10.6 Å². The highest BCUT2D eigenvalue weighted by Crippen LogP contribution is 2.21. The predicted octanol–water partition coefficient (Wildman–Crippen LogP) is 3.02. The van der Waals surface area contributed by atoms with Gasteiger partial charge in [-0.15, -0.1) is 10.2 Å². The first-order valence-electron chi connectivity index (χ1n) is 6.12. The van der Waals surface area contributed by atoms with Crippen LogP contribution in [-0.2, 0) is 4.74 Å². The summed E-state index contributed by atoms with van der Waals surface area (Å²) in [5.74, 6) is 0.942. The Bertz CT molecular complexity index is 611. The van der Waals surface area contributed by atoms with Gasteiger partial charge in [0.1, 0.15) is 0 Å². The van der Waals surface area contributed by atoms with Crippen molar-refractivity contribution in [2.45, 2.75) is 13.8 Å². The second-order valence-electron chi connectivity index (χ2n) is 4.29. The van der Waals surface area contributed by atoms with Crippen molar-refractivity contribution in [2.24, 2.45) is 0 Å². The van der Waals surface area contributed by atoms with E-state index in [2.05, 4.69) is 38.6 Å². The Balaban J connectivity index is 2.11. The molecule has 6 heteroatoms. The lowest BCUT2D eigenvalue weighted by atomic mass is 10.1. The van der Waals surface area contributed by atoms with Crippen LogP contribution in [0.25, 0.3) is 0 Å². The molecule has 1 aromatic carbocycles. The Hall–Kier alpha value is -2.63. The van der Waals surface area contributed by atoms with Crippen molar-refractivity contribution < 1.29 is 9.53 Å². The van der Waals surface area contributed by atoms with Crippen LogP contribution in [-0.4, -0.2) is 23.4 Å². The molecular weight excluding hydrogens is 256 g/mol. The lowest BCUT2D eigenvalue weighted by Crippen LogP contribution is -2.12. The average Bonchev–Trinajstić information content (AvgIpc) is 2.46. The molecule has 0 atom stereocenters. The van der Waals surface area contributed by atoms with E-state index < -0.39 is 6.09 Å². The summed E-state index contributed by atoms with van der Waals surface area (Å²) in [6.45, 7) is 4.09. The standard InChI is InChI=1S/C14H16N4O2/c1-9-5-4-6-11(10(9)2)15-12-7-8-13(18-17-12)16-14(19)20-3/h4-8H,1-3H3,(H,15,17)(H,16,18,19). The highest BCUT2D eigenvalue weighted by atomic mass is 16.5. The molecule has 0 unspecified atom stereocenters. The van der Waals surface area contributed by atoms with Crippen molar-refractivity contribution >= 4 is 23.4 Å². The van der Waals surface area contributed by atoms with Crippen molar-refractivity contribution in [3.63, 3.8) is 0 Å². The normalized spacial score (nSPS) is 9.95. The summed E-state index contributed by atoms with van der Waals surface area (Å²) in [7, 11) is 1.29. The summed E-state index contributed by atoms with van der Waals surface area (Å²) in [5.41, 5.74) is 3.34. The van der Waals surface area contributed by atoms with E-state index in [1.165, 1.54) is 12.7 Å². The Morgan fingerprint density at radius 1 is 1.10 bits per heavy atom. The van der Waals surface area contributed by atoms with Gasteiger partial charge in [0.15, 0.2) is 11.6 Å². The van der Waals surface area contributed by atoms with E-state index in [1.54, 1.807) is 12.1 Å². The lowest BCUT2D eigenvalue weighted by Gasteiger charge is -2.10.